The molecule has 0 fully saturated rings. The third kappa shape index (κ3) is 9.61. The number of ether oxygens (including phenoxy) is 1. The van der Waals surface area contributed by atoms with Crippen LogP contribution in [0.15, 0.2) is 84.5 Å². The fourth-order valence-corrected chi connectivity index (χ4v) is 5.53. The molecule has 0 saturated carbocycles. The molecular weight excluding hydrogens is 636 g/mol. The molecule has 2 N–H and O–H groups in total. The lowest BCUT2D eigenvalue weighted by Gasteiger charge is -2.26. The zero-order valence-corrected chi connectivity index (χ0v) is 27.0. The number of halogens is 4. The molecule has 3 aromatic heterocycles. The molecule has 0 aliphatic heterocycles. The lowest BCUT2D eigenvalue weighted by Crippen LogP contribution is -2.37. The Morgan fingerprint density at radius 3 is 2.47 bits per heavy atom. The van der Waals surface area contributed by atoms with Crippen molar-refractivity contribution in [2.75, 3.05) is 24.4 Å². The molecule has 1 aromatic carbocycles. The summed E-state index contributed by atoms with van der Waals surface area (Å²) in [4.78, 5) is 8.12. The number of nitrogens with one attached hydrogen (secondary N) is 2. The van der Waals surface area contributed by atoms with Gasteiger partial charge in [-0.05, 0) is 69.5 Å². The molecule has 47 heavy (non-hydrogen) atoms. The maximum atomic E-state index is 13.7. The van der Waals surface area contributed by atoms with Crippen molar-refractivity contribution in [3.63, 3.8) is 0 Å². The molecule has 9 nitrogen and oxygen atoms in total. The van der Waals surface area contributed by atoms with Crippen LogP contribution in [0.25, 0.3) is 16.9 Å². The van der Waals surface area contributed by atoms with Gasteiger partial charge in [-0.15, -0.1) is 11.7 Å². The second-order valence-corrected chi connectivity index (χ2v) is 13.2. The molecule has 0 amide bonds. The van der Waals surface area contributed by atoms with Gasteiger partial charge in [-0.25, -0.2) is 14.6 Å². The Bertz CT molecular complexity index is 1760. The predicted octanol–water partition coefficient (Wildman–Crippen LogP) is 7.12. The van der Waals surface area contributed by atoms with Crippen LogP contribution >= 0.6 is 0 Å². The van der Waals surface area contributed by atoms with E-state index in [4.69, 9.17) is 4.74 Å². The van der Waals surface area contributed by atoms with E-state index in [0.29, 0.717) is 11.4 Å². The van der Waals surface area contributed by atoms with E-state index in [1.165, 1.54) is 29.1 Å². The highest BCUT2D eigenvalue weighted by atomic mass is 32.2. The maximum absolute atomic E-state index is 13.7. The highest BCUT2D eigenvalue weighted by molar-refractivity contribution is 7.92. The summed E-state index contributed by atoms with van der Waals surface area (Å²) < 4.78 is 89.1. The number of anilines is 1. The smallest absolute Gasteiger partial charge is 0.397 e. The lowest BCUT2D eigenvalue weighted by atomic mass is 9.94. The number of hydrogen-bond acceptors (Lipinski definition) is 7. The van der Waals surface area contributed by atoms with Crippen LogP contribution < -0.4 is 14.8 Å². The van der Waals surface area contributed by atoms with E-state index in [1.807, 2.05) is 30.3 Å². The molecule has 0 atom stereocenters. The molecule has 0 spiro atoms. The molecule has 0 radical (unpaired) electrons. The number of unbranched alkanes of at least 4 members (excludes halogenated alkanes) is 3. The molecule has 14 heteroatoms. The number of rotatable bonds is 17. The minimum absolute atomic E-state index is 0.0221. The Kier molecular flexibility index (Phi) is 11.7. The van der Waals surface area contributed by atoms with Crippen molar-refractivity contribution in [1.82, 2.24) is 25.1 Å². The predicted molar refractivity (Wildman–Crippen MR) is 172 cm³/mol. The van der Waals surface area contributed by atoms with Gasteiger partial charge >= 0.3 is 6.18 Å². The number of aryl methyl sites for hydroxylation is 1. The fourth-order valence-electron chi connectivity index (χ4n) is 4.57. The molecular formula is C33H38F4N6O3S. The summed E-state index contributed by atoms with van der Waals surface area (Å²) in [6.45, 7) is 6.83. The van der Waals surface area contributed by atoms with Gasteiger partial charge in [0.1, 0.15) is 12.4 Å². The number of pyridine rings is 2. The molecule has 0 aliphatic rings. The number of hydrogen-bond donors (Lipinski definition) is 2. The zero-order chi connectivity index (χ0) is 34.1. The standard InChI is InChI=1S/C33H38F4N6O3S/c1-4-20-38-21-10-6-5-7-12-24-13-8-9-14-25(24)31-26(43-22-19-29(41-43)46-23-32(2,3)33(35,36)37)17-18-28(40-31)42-47(44,45)30-16-11-15-27(34)39-30/h4,8-9,11,13-19,22,38H,1,5-7,10,12,20-21,23H2,2-3H3,(H,40,42). The van der Waals surface area contributed by atoms with Crippen LogP contribution in [0, 0.1) is 11.4 Å². The van der Waals surface area contributed by atoms with E-state index < -0.39 is 39.2 Å². The number of alkyl halides is 3. The Morgan fingerprint density at radius 1 is 0.957 bits per heavy atom. The van der Waals surface area contributed by atoms with E-state index in [1.54, 1.807) is 6.07 Å². The van der Waals surface area contributed by atoms with E-state index in [-0.39, 0.29) is 11.7 Å². The molecule has 0 aliphatic carbocycles. The second kappa shape index (κ2) is 15.5. The number of benzene rings is 1. The van der Waals surface area contributed by atoms with Crippen molar-refractivity contribution in [3.8, 4) is 22.8 Å². The average Bonchev–Trinajstić information content (AvgIpc) is 3.50. The highest BCUT2D eigenvalue weighted by Gasteiger charge is 2.48. The highest BCUT2D eigenvalue weighted by Crippen LogP contribution is 2.38. The number of aromatic nitrogens is 4. The van der Waals surface area contributed by atoms with E-state index in [0.717, 1.165) is 82.3 Å². The molecule has 4 aromatic rings. The summed E-state index contributed by atoms with van der Waals surface area (Å²) in [5.74, 6) is -1.02. The summed E-state index contributed by atoms with van der Waals surface area (Å²) in [5.41, 5.74) is 0.388. The second-order valence-electron chi connectivity index (χ2n) is 11.6. The lowest BCUT2D eigenvalue weighted by molar-refractivity contribution is -0.219. The largest absolute Gasteiger partial charge is 0.476 e. The van der Waals surface area contributed by atoms with E-state index in [9.17, 15) is 26.0 Å². The Labute approximate surface area is 272 Å². The van der Waals surface area contributed by atoms with Crippen molar-refractivity contribution < 1.29 is 30.7 Å². The molecule has 0 unspecified atom stereocenters. The zero-order valence-electron chi connectivity index (χ0n) is 26.2. The van der Waals surface area contributed by atoms with Crippen LogP contribution in [0.3, 0.4) is 0 Å². The third-order valence-corrected chi connectivity index (χ3v) is 8.60. The van der Waals surface area contributed by atoms with Crippen molar-refractivity contribution in [1.29, 1.82) is 0 Å². The Hall–Kier alpha value is -4.30. The molecule has 0 saturated heterocycles. The first-order valence-corrected chi connectivity index (χ1v) is 16.6. The van der Waals surface area contributed by atoms with Crippen LogP contribution in [0.2, 0.25) is 0 Å². The van der Waals surface area contributed by atoms with E-state index in [2.05, 4.69) is 31.7 Å². The fraction of sp³-hybridized carbons (Fsp3) is 0.364. The van der Waals surface area contributed by atoms with Crippen LogP contribution in [0.5, 0.6) is 5.88 Å². The Balaban J connectivity index is 1.64. The maximum Gasteiger partial charge on any atom is 0.397 e. The van der Waals surface area contributed by atoms with E-state index >= 15 is 0 Å². The van der Waals surface area contributed by atoms with Gasteiger partial charge in [0.2, 0.25) is 11.8 Å². The van der Waals surface area contributed by atoms with Gasteiger partial charge in [-0.1, -0.05) is 49.2 Å². The third-order valence-electron chi connectivity index (χ3n) is 7.35. The number of nitrogens with zero attached hydrogens (tertiary/aromatic N) is 4. The van der Waals surface area contributed by atoms with Gasteiger partial charge in [0.25, 0.3) is 10.0 Å². The summed E-state index contributed by atoms with van der Waals surface area (Å²) in [7, 11) is -4.29. The van der Waals surface area contributed by atoms with Crippen LogP contribution in [-0.2, 0) is 16.4 Å². The summed E-state index contributed by atoms with van der Waals surface area (Å²) in [5, 5.41) is 7.12. The summed E-state index contributed by atoms with van der Waals surface area (Å²) >= 11 is 0. The van der Waals surface area contributed by atoms with Crippen molar-refractivity contribution in [3.05, 3.63) is 91.0 Å². The normalized spacial score (nSPS) is 12.2. The minimum atomic E-state index is -4.47. The minimum Gasteiger partial charge on any atom is -0.476 e. The monoisotopic (exact) mass is 674 g/mol. The first kappa shape index (κ1) is 35.6. The van der Waals surface area contributed by atoms with Gasteiger partial charge in [0.05, 0.1) is 16.8 Å². The number of sulfonamides is 1. The molecule has 252 valence electrons. The molecule has 0 bridgehead atoms. The van der Waals surface area contributed by atoms with Crippen molar-refractivity contribution in [2.24, 2.45) is 5.41 Å². The quantitative estimate of drug-likeness (QED) is 0.0531. The van der Waals surface area contributed by atoms with Gasteiger partial charge < -0.3 is 10.1 Å². The first-order chi connectivity index (χ1) is 22.3. The molecule has 3 heterocycles. The van der Waals surface area contributed by atoms with Crippen molar-refractivity contribution >= 4 is 15.8 Å². The van der Waals surface area contributed by atoms with Gasteiger partial charge in [0.15, 0.2) is 5.03 Å². The average molecular weight is 675 g/mol. The van der Waals surface area contributed by atoms with Gasteiger partial charge in [0, 0.05) is 24.4 Å². The topological polar surface area (TPSA) is 111 Å². The van der Waals surface area contributed by atoms with Crippen LogP contribution in [0.1, 0.15) is 45.1 Å². The first-order valence-electron chi connectivity index (χ1n) is 15.1. The van der Waals surface area contributed by atoms with Crippen LogP contribution in [-0.4, -0.2) is 54.0 Å². The summed E-state index contributed by atoms with van der Waals surface area (Å²) in [6, 6.07) is 15.4. The Morgan fingerprint density at radius 2 is 1.72 bits per heavy atom. The summed E-state index contributed by atoms with van der Waals surface area (Å²) in [6.07, 6.45) is 3.58. The van der Waals surface area contributed by atoms with Crippen molar-refractivity contribution in [2.45, 2.75) is 57.2 Å². The SMILES string of the molecule is C=CCNCCCCCCc1ccccc1-c1nc(NS(=O)(=O)c2cccc(F)n2)ccc1-n1ccc(OCC(C)(C)C(F)(F)F)n1. The van der Waals surface area contributed by atoms with Gasteiger partial charge in [-0.2, -0.15) is 26.0 Å². The van der Waals surface area contributed by atoms with Gasteiger partial charge in [-0.3, -0.25) is 4.72 Å². The molecule has 4 rings (SSSR count). The van der Waals surface area contributed by atoms with Crippen LogP contribution in [0.4, 0.5) is 23.4 Å².